The molecule has 0 bridgehead atoms. The highest BCUT2D eigenvalue weighted by Crippen LogP contribution is 2.38. The van der Waals surface area contributed by atoms with Crippen LogP contribution in [0.5, 0.6) is 0 Å². The fourth-order valence-electron chi connectivity index (χ4n) is 7.20. The van der Waals surface area contributed by atoms with Crippen LogP contribution in [0.25, 0.3) is 0 Å². The normalized spacial score (nSPS) is 12.2. The maximum absolute atomic E-state index is 7.02. The molecular formula is C32H32B10. The van der Waals surface area contributed by atoms with Crippen LogP contribution in [0.4, 0.5) is 0 Å². The molecule has 0 heterocycles. The van der Waals surface area contributed by atoms with E-state index in [1.165, 1.54) is 0 Å². The van der Waals surface area contributed by atoms with Crippen LogP contribution in [-0.4, -0.2) is 78.5 Å². The first-order valence-electron chi connectivity index (χ1n) is 14.6. The lowest BCUT2D eigenvalue weighted by Gasteiger charge is -2.46. The van der Waals surface area contributed by atoms with E-state index in [2.05, 4.69) is 0 Å². The van der Waals surface area contributed by atoms with E-state index in [1.54, 1.807) is 0 Å². The van der Waals surface area contributed by atoms with Gasteiger partial charge in [-0.25, -0.2) is 0 Å². The van der Waals surface area contributed by atoms with Crippen LogP contribution in [0.2, 0.25) is 0 Å². The number of hydrogen-bond acceptors (Lipinski definition) is 0. The first-order valence-corrected chi connectivity index (χ1v) is 14.6. The van der Waals surface area contributed by atoms with Crippen molar-refractivity contribution < 1.29 is 0 Å². The lowest BCUT2D eigenvalue weighted by molar-refractivity contribution is 0.483. The predicted molar refractivity (Wildman–Crippen MR) is 195 cm³/mol. The van der Waals surface area contributed by atoms with Crippen molar-refractivity contribution in [2.45, 2.75) is 91.9 Å². The van der Waals surface area contributed by atoms with Gasteiger partial charge in [0.2, 0.25) is 0 Å². The Bertz CT molecular complexity index is 1360. The van der Waals surface area contributed by atoms with Gasteiger partial charge in [-0.3, -0.25) is 0 Å². The van der Waals surface area contributed by atoms with Crippen molar-refractivity contribution in [2.75, 3.05) is 0 Å². The molecule has 10 heteroatoms. The van der Waals surface area contributed by atoms with Gasteiger partial charge in [0.15, 0.2) is 0 Å². The standard InChI is InChI=1S/C32H32B10/c1-9-31(10-2,17-21(33)13(5)15(7)23(35)25(17)37)19-27(39)29(41)20(30(42)28(19)40)32(11-3,12-4)18-22(34)14(6)16(8)24(36)26(18)38/h9-12H2,1-8H3. The second-order valence-electron chi connectivity index (χ2n) is 11.7. The number of hydrogen-bond donors (Lipinski definition) is 0. The minimum Gasteiger partial charge on any atom is -0.100 e. The molecule has 0 nitrogen and oxygen atoms in total. The van der Waals surface area contributed by atoms with Crippen LogP contribution in [0.15, 0.2) is 0 Å². The van der Waals surface area contributed by atoms with Crippen molar-refractivity contribution in [3.63, 3.8) is 0 Å². The Labute approximate surface area is 268 Å². The van der Waals surface area contributed by atoms with Gasteiger partial charge in [0.1, 0.15) is 78.5 Å². The van der Waals surface area contributed by atoms with Crippen molar-refractivity contribution in [3.8, 4) is 0 Å². The third-order valence-corrected chi connectivity index (χ3v) is 10.4. The van der Waals surface area contributed by atoms with Crippen molar-refractivity contribution in [3.05, 3.63) is 44.5 Å². The van der Waals surface area contributed by atoms with Gasteiger partial charge in [0, 0.05) is 10.8 Å². The molecule has 0 amide bonds. The highest BCUT2D eigenvalue weighted by Gasteiger charge is 2.41. The van der Waals surface area contributed by atoms with Crippen LogP contribution in [0.1, 0.15) is 97.9 Å². The SMILES string of the molecule is [B]c1c([B])c(C(CC)(CC)c2c([B])c([B])c(C(CC)(CC)c3c([B])c([B])c(C)c(C)c3[B])c([B])c2[B])c([B])c(C)c1C. The van der Waals surface area contributed by atoms with E-state index in [0.717, 1.165) is 22.3 Å². The molecule has 0 saturated heterocycles. The third-order valence-electron chi connectivity index (χ3n) is 10.4. The molecule has 20 radical (unpaired) electrons. The zero-order valence-electron chi connectivity index (χ0n) is 26.6. The summed E-state index contributed by atoms with van der Waals surface area (Å²) in [5.41, 5.74) is 8.42. The van der Waals surface area contributed by atoms with E-state index >= 15 is 0 Å². The van der Waals surface area contributed by atoms with Gasteiger partial charge >= 0.3 is 0 Å². The first-order chi connectivity index (χ1) is 19.5. The van der Waals surface area contributed by atoms with Crippen molar-refractivity contribution in [1.82, 2.24) is 0 Å². The Balaban J connectivity index is 2.58. The molecule has 42 heavy (non-hydrogen) atoms. The van der Waals surface area contributed by atoms with Gasteiger partial charge in [0.25, 0.3) is 0 Å². The lowest BCUT2D eigenvalue weighted by Crippen LogP contribution is -2.59. The molecule has 0 fully saturated rings. The Kier molecular flexibility index (Phi) is 10.2. The monoisotopic (exact) mass is 526 g/mol. The van der Waals surface area contributed by atoms with E-state index in [9.17, 15) is 0 Å². The maximum atomic E-state index is 7.02. The number of benzene rings is 3. The van der Waals surface area contributed by atoms with Gasteiger partial charge in [-0.2, -0.15) is 0 Å². The van der Waals surface area contributed by atoms with E-state index in [-0.39, 0.29) is 0 Å². The molecule has 0 saturated carbocycles. The van der Waals surface area contributed by atoms with Crippen molar-refractivity contribution in [1.29, 1.82) is 0 Å². The average molecular weight is 525 g/mol. The summed E-state index contributed by atoms with van der Waals surface area (Å²) in [6.07, 6.45) is 2.25. The summed E-state index contributed by atoms with van der Waals surface area (Å²) >= 11 is 0. The van der Waals surface area contributed by atoms with E-state index in [0.29, 0.717) is 103 Å². The molecule has 0 atom stereocenters. The summed E-state index contributed by atoms with van der Waals surface area (Å²) in [5.74, 6) is 0. The maximum Gasteiger partial charge on any atom is 0.114 e. The van der Waals surface area contributed by atoms with Crippen molar-refractivity contribution >= 4 is 133 Å². The first kappa shape index (κ1) is 34.8. The van der Waals surface area contributed by atoms with Crippen LogP contribution in [0, 0.1) is 27.7 Å². The molecular weight excluding hydrogens is 492 g/mol. The van der Waals surface area contributed by atoms with E-state index in [4.69, 9.17) is 78.5 Å². The second-order valence-corrected chi connectivity index (χ2v) is 11.7. The minimum atomic E-state index is -0.820. The molecule has 0 N–H and O–H groups in total. The Morgan fingerprint density at radius 3 is 0.690 bits per heavy atom. The summed E-state index contributed by atoms with van der Waals surface area (Å²) in [6.45, 7) is 15.8. The highest BCUT2D eigenvalue weighted by molar-refractivity contribution is 6.59. The van der Waals surface area contributed by atoms with Gasteiger partial charge in [-0.15, -0.1) is 10.9 Å². The summed E-state index contributed by atoms with van der Waals surface area (Å²) in [5, 5.41) is 0. The lowest BCUT2D eigenvalue weighted by atomic mass is 9.49. The molecule has 0 aliphatic rings. The van der Waals surface area contributed by atoms with E-state index < -0.39 is 10.8 Å². The second kappa shape index (κ2) is 12.4. The smallest absolute Gasteiger partial charge is 0.100 e. The van der Waals surface area contributed by atoms with Crippen LogP contribution < -0.4 is 54.6 Å². The van der Waals surface area contributed by atoms with E-state index in [1.807, 2.05) is 55.4 Å². The van der Waals surface area contributed by atoms with Gasteiger partial charge < -0.3 is 0 Å². The predicted octanol–water partition coefficient (Wildman–Crippen LogP) is -2.93. The fraction of sp³-hybridized carbons (Fsp3) is 0.438. The van der Waals surface area contributed by atoms with Gasteiger partial charge in [-0.1, -0.05) is 116 Å². The Morgan fingerprint density at radius 2 is 0.476 bits per heavy atom. The van der Waals surface area contributed by atoms with Crippen LogP contribution in [0.3, 0.4) is 0 Å². The molecule has 190 valence electrons. The molecule has 0 aromatic heterocycles. The summed E-state index contributed by atoms with van der Waals surface area (Å²) in [6, 6.07) is 0. The van der Waals surface area contributed by atoms with Crippen molar-refractivity contribution in [2.24, 2.45) is 0 Å². The summed E-state index contributed by atoms with van der Waals surface area (Å²) < 4.78 is 0. The zero-order valence-corrected chi connectivity index (χ0v) is 26.6. The van der Waals surface area contributed by atoms with Crippen LogP contribution >= 0.6 is 0 Å². The summed E-state index contributed by atoms with van der Waals surface area (Å²) in [4.78, 5) is 0. The van der Waals surface area contributed by atoms with Crippen LogP contribution in [-0.2, 0) is 10.8 Å². The third kappa shape index (κ3) is 4.72. The quantitative estimate of drug-likeness (QED) is 0.277. The largest absolute Gasteiger partial charge is 0.114 e. The minimum absolute atomic E-state index is 0.316. The van der Waals surface area contributed by atoms with Gasteiger partial charge in [-0.05, 0) is 53.4 Å². The molecule has 3 aromatic carbocycles. The molecule has 0 aliphatic heterocycles. The molecule has 0 unspecified atom stereocenters. The van der Waals surface area contributed by atoms with Gasteiger partial charge in [0.05, 0.1) is 0 Å². The topological polar surface area (TPSA) is 0 Å². The summed E-state index contributed by atoms with van der Waals surface area (Å²) in [7, 11) is 68.0. The fourth-order valence-corrected chi connectivity index (χ4v) is 7.20. The Hall–Kier alpha value is -1.69. The molecule has 0 spiro atoms. The molecule has 3 aromatic rings. The average Bonchev–Trinajstić information content (AvgIpc) is 2.98. The number of rotatable bonds is 8. The molecule has 3 rings (SSSR count). The Morgan fingerprint density at radius 1 is 0.310 bits per heavy atom. The molecule has 0 aliphatic carbocycles. The zero-order chi connectivity index (χ0) is 32.2. The highest BCUT2D eigenvalue weighted by atomic mass is 14.4.